The lowest BCUT2D eigenvalue weighted by atomic mass is 10.1. The van der Waals surface area contributed by atoms with E-state index >= 15 is 0 Å². The van der Waals surface area contributed by atoms with Crippen LogP contribution in [0.25, 0.3) is 0 Å². The highest BCUT2D eigenvalue weighted by molar-refractivity contribution is 6.18. The summed E-state index contributed by atoms with van der Waals surface area (Å²) in [5.74, 6) is 0.233. The second-order valence-electron chi connectivity index (χ2n) is 3.16. The van der Waals surface area contributed by atoms with Crippen LogP contribution < -0.4 is 4.90 Å². The van der Waals surface area contributed by atoms with Crippen molar-refractivity contribution in [1.29, 1.82) is 0 Å². The van der Waals surface area contributed by atoms with Crippen LogP contribution in [0, 0.1) is 0 Å². The zero-order valence-corrected chi connectivity index (χ0v) is 8.62. The van der Waals surface area contributed by atoms with Crippen molar-refractivity contribution in [3.8, 4) is 0 Å². The molecule has 13 heavy (non-hydrogen) atoms. The topological polar surface area (TPSA) is 23.5 Å². The predicted octanol–water partition coefficient (Wildman–Crippen LogP) is 2.02. The Morgan fingerprint density at radius 3 is 2.69 bits per heavy atom. The number of nitrogens with zero attached hydrogens (tertiary/aromatic N) is 1. The highest BCUT2D eigenvalue weighted by Gasteiger charge is 2.06. The van der Waals surface area contributed by atoms with Crippen molar-refractivity contribution in [2.75, 3.05) is 24.9 Å². The lowest BCUT2D eigenvalue weighted by Gasteiger charge is -2.15. The summed E-state index contributed by atoms with van der Waals surface area (Å²) in [6.45, 7) is 0. The molecular formula is C10H14ClNO. The summed E-state index contributed by atoms with van der Waals surface area (Å²) >= 11 is 5.55. The molecule has 0 radical (unpaired) electrons. The molecule has 1 atom stereocenters. The van der Waals surface area contributed by atoms with Crippen molar-refractivity contribution in [1.82, 2.24) is 0 Å². The molecule has 0 spiro atoms. The summed E-state index contributed by atoms with van der Waals surface area (Å²) in [6.07, 6.45) is -0.568. The smallest absolute Gasteiger partial charge is 0.0926 e. The standard InChI is InChI=1S/C10H14ClNO/c1-12(2)9-5-3-4-8(6-9)10(13)7-11/h3-6,10,13H,7H2,1-2H3. The van der Waals surface area contributed by atoms with Gasteiger partial charge in [-0.1, -0.05) is 12.1 Å². The zero-order chi connectivity index (χ0) is 9.84. The Morgan fingerprint density at radius 2 is 2.15 bits per heavy atom. The monoisotopic (exact) mass is 199 g/mol. The van der Waals surface area contributed by atoms with Crippen LogP contribution in [0.15, 0.2) is 24.3 Å². The van der Waals surface area contributed by atoms with E-state index in [-0.39, 0.29) is 5.88 Å². The number of alkyl halides is 1. The molecular weight excluding hydrogens is 186 g/mol. The number of hydrogen-bond acceptors (Lipinski definition) is 2. The number of anilines is 1. The van der Waals surface area contributed by atoms with Gasteiger partial charge >= 0.3 is 0 Å². The Kier molecular flexibility index (Phi) is 3.58. The Morgan fingerprint density at radius 1 is 1.46 bits per heavy atom. The number of aliphatic hydroxyl groups is 1. The predicted molar refractivity (Wildman–Crippen MR) is 56.4 cm³/mol. The summed E-state index contributed by atoms with van der Waals surface area (Å²) in [5, 5.41) is 9.49. The number of hydrogen-bond donors (Lipinski definition) is 1. The van der Waals surface area contributed by atoms with Crippen molar-refractivity contribution >= 4 is 17.3 Å². The van der Waals surface area contributed by atoms with E-state index < -0.39 is 6.10 Å². The quantitative estimate of drug-likeness (QED) is 0.754. The van der Waals surface area contributed by atoms with Gasteiger partial charge in [-0.3, -0.25) is 0 Å². The average Bonchev–Trinajstić information content (AvgIpc) is 2.17. The third-order valence-corrected chi connectivity index (χ3v) is 2.21. The Hall–Kier alpha value is -0.730. The molecule has 72 valence electrons. The first-order chi connectivity index (χ1) is 6.15. The SMILES string of the molecule is CN(C)c1cccc(C(O)CCl)c1. The molecule has 3 heteroatoms. The maximum atomic E-state index is 9.49. The van der Waals surface area contributed by atoms with Crippen molar-refractivity contribution in [3.05, 3.63) is 29.8 Å². The molecule has 1 rings (SSSR count). The molecule has 0 aromatic heterocycles. The number of aliphatic hydroxyl groups excluding tert-OH is 1. The van der Waals surface area contributed by atoms with Gasteiger partial charge in [0.05, 0.1) is 12.0 Å². The zero-order valence-electron chi connectivity index (χ0n) is 7.87. The van der Waals surface area contributed by atoms with E-state index in [1.165, 1.54) is 0 Å². The fraction of sp³-hybridized carbons (Fsp3) is 0.400. The van der Waals surface area contributed by atoms with Gasteiger partial charge in [0.25, 0.3) is 0 Å². The fourth-order valence-corrected chi connectivity index (χ4v) is 1.28. The molecule has 0 amide bonds. The molecule has 1 aromatic rings. The van der Waals surface area contributed by atoms with Gasteiger partial charge < -0.3 is 10.0 Å². The lowest BCUT2D eigenvalue weighted by Crippen LogP contribution is -2.09. The van der Waals surface area contributed by atoms with Crippen LogP contribution in [0.1, 0.15) is 11.7 Å². The van der Waals surface area contributed by atoms with Crippen LogP contribution in [0.3, 0.4) is 0 Å². The van der Waals surface area contributed by atoms with E-state index in [2.05, 4.69) is 0 Å². The summed E-state index contributed by atoms with van der Waals surface area (Å²) in [6, 6.07) is 7.72. The number of rotatable bonds is 3. The molecule has 1 unspecified atom stereocenters. The minimum absolute atomic E-state index is 0.233. The van der Waals surface area contributed by atoms with E-state index in [0.29, 0.717) is 0 Å². The van der Waals surface area contributed by atoms with Gasteiger partial charge in [0.15, 0.2) is 0 Å². The maximum Gasteiger partial charge on any atom is 0.0926 e. The minimum Gasteiger partial charge on any atom is -0.387 e. The van der Waals surface area contributed by atoms with Crippen molar-refractivity contribution in [2.45, 2.75) is 6.10 Å². The third kappa shape index (κ3) is 2.61. The van der Waals surface area contributed by atoms with Gasteiger partial charge in [-0.25, -0.2) is 0 Å². The van der Waals surface area contributed by atoms with E-state index in [1.54, 1.807) is 0 Å². The third-order valence-electron chi connectivity index (χ3n) is 1.92. The first-order valence-corrected chi connectivity index (χ1v) is 4.70. The summed E-state index contributed by atoms with van der Waals surface area (Å²) in [5.41, 5.74) is 1.93. The number of benzene rings is 1. The Bertz CT molecular complexity index is 275. The molecule has 0 heterocycles. The highest BCUT2D eigenvalue weighted by atomic mass is 35.5. The molecule has 2 nitrogen and oxygen atoms in total. The minimum atomic E-state index is -0.568. The van der Waals surface area contributed by atoms with Crippen molar-refractivity contribution in [2.24, 2.45) is 0 Å². The van der Waals surface area contributed by atoms with Gasteiger partial charge in [0.1, 0.15) is 0 Å². The second-order valence-corrected chi connectivity index (χ2v) is 3.47. The van der Waals surface area contributed by atoms with Crippen LogP contribution in [0.4, 0.5) is 5.69 Å². The van der Waals surface area contributed by atoms with Crippen LogP contribution in [0.5, 0.6) is 0 Å². The highest BCUT2D eigenvalue weighted by Crippen LogP contribution is 2.19. The van der Waals surface area contributed by atoms with Crippen LogP contribution in [0.2, 0.25) is 0 Å². The van der Waals surface area contributed by atoms with Gasteiger partial charge in [-0.15, -0.1) is 11.6 Å². The lowest BCUT2D eigenvalue weighted by molar-refractivity contribution is 0.202. The first-order valence-electron chi connectivity index (χ1n) is 4.16. The van der Waals surface area contributed by atoms with Gasteiger partial charge in [-0.05, 0) is 17.7 Å². The van der Waals surface area contributed by atoms with Crippen molar-refractivity contribution in [3.63, 3.8) is 0 Å². The summed E-state index contributed by atoms with van der Waals surface area (Å²) in [7, 11) is 3.93. The molecule has 0 bridgehead atoms. The number of halogens is 1. The van der Waals surface area contributed by atoms with E-state index in [1.807, 2.05) is 43.3 Å². The summed E-state index contributed by atoms with van der Waals surface area (Å²) < 4.78 is 0. The molecule has 0 aliphatic carbocycles. The summed E-state index contributed by atoms with van der Waals surface area (Å²) in [4.78, 5) is 1.99. The molecule has 1 N–H and O–H groups in total. The molecule has 1 aromatic carbocycles. The largest absolute Gasteiger partial charge is 0.387 e. The molecule has 0 fully saturated rings. The fourth-order valence-electron chi connectivity index (χ4n) is 1.10. The first kappa shape index (κ1) is 10.4. The molecule has 0 saturated carbocycles. The van der Waals surface area contributed by atoms with Crippen LogP contribution in [-0.2, 0) is 0 Å². The maximum absolute atomic E-state index is 9.49. The average molecular weight is 200 g/mol. The van der Waals surface area contributed by atoms with Gasteiger partial charge in [0.2, 0.25) is 0 Å². The van der Waals surface area contributed by atoms with E-state index in [0.717, 1.165) is 11.3 Å². The van der Waals surface area contributed by atoms with E-state index in [4.69, 9.17) is 11.6 Å². The van der Waals surface area contributed by atoms with Gasteiger partial charge in [-0.2, -0.15) is 0 Å². The molecule has 0 saturated heterocycles. The van der Waals surface area contributed by atoms with E-state index in [9.17, 15) is 5.11 Å². The van der Waals surface area contributed by atoms with Gasteiger partial charge in [0, 0.05) is 19.8 Å². The van der Waals surface area contributed by atoms with Crippen molar-refractivity contribution < 1.29 is 5.11 Å². The van der Waals surface area contributed by atoms with Crippen LogP contribution >= 0.6 is 11.6 Å². The second kappa shape index (κ2) is 4.49. The molecule has 0 aliphatic heterocycles. The van der Waals surface area contributed by atoms with Crippen LogP contribution in [-0.4, -0.2) is 25.1 Å². The Balaban J connectivity index is 2.91. The Labute approximate surface area is 83.7 Å². The molecule has 0 aliphatic rings. The normalized spacial score (nSPS) is 12.6.